The molecule has 1 amide bonds. The maximum atomic E-state index is 12.2. The molecule has 0 saturated heterocycles. The van der Waals surface area contributed by atoms with Crippen LogP contribution in [0.2, 0.25) is 0 Å². The Balaban J connectivity index is 1.50. The number of amides is 1. The summed E-state index contributed by atoms with van der Waals surface area (Å²) < 4.78 is 1.76. The zero-order chi connectivity index (χ0) is 14.7. The van der Waals surface area contributed by atoms with Gasteiger partial charge < -0.3 is 16.0 Å². The van der Waals surface area contributed by atoms with E-state index in [1.165, 1.54) is 0 Å². The van der Waals surface area contributed by atoms with E-state index in [2.05, 4.69) is 21.0 Å². The normalized spacial score (nSPS) is 16.5. The smallest absolute Gasteiger partial charge is 0.244 e. The fourth-order valence-electron chi connectivity index (χ4n) is 2.43. The second-order valence-electron chi connectivity index (χ2n) is 5.19. The summed E-state index contributed by atoms with van der Waals surface area (Å²) in [4.78, 5) is 12.2. The van der Waals surface area contributed by atoms with Crippen LogP contribution in [0, 0.1) is 0 Å². The number of nitrogens with one attached hydrogen (secondary N) is 3. The lowest BCUT2D eigenvalue weighted by atomic mass is 10.1. The van der Waals surface area contributed by atoms with Gasteiger partial charge in [0.05, 0.1) is 17.6 Å². The van der Waals surface area contributed by atoms with Crippen LogP contribution in [-0.2, 0) is 18.3 Å². The van der Waals surface area contributed by atoms with Gasteiger partial charge in [0.1, 0.15) is 6.04 Å². The molecule has 6 nitrogen and oxygen atoms in total. The lowest BCUT2D eigenvalue weighted by molar-refractivity contribution is -0.121. The summed E-state index contributed by atoms with van der Waals surface area (Å²) in [5.74, 6) is 0.0147. The molecule has 1 unspecified atom stereocenters. The number of aryl methyl sites for hydroxylation is 1. The molecule has 1 aliphatic rings. The first-order valence-electron chi connectivity index (χ1n) is 7.07. The first kappa shape index (κ1) is 13.5. The van der Waals surface area contributed by atoms with Gasteiger partial charge in [-0.15, -0.1) is 0 Å². The number of rotatable bonds is 4. The highest BCUT2D eigenvalue weighted by atomic mass is 16.2. The van der Waals surface area contributed by atoms with Crippen LogP contribution in [0.15, 0.2) is 36.7 Å². The number of para-hydroxylation sites is 2. The van der Waals surface area contributed by atoms with Gasteiger partial charge in [-0.25, -0.2) is 0 Å². The zero-order valence-corrected chi connectivity index (χ0v) is 12.0. The molecule has 6 heteroatoms. The number of hydrogen-bond acceptors (Lipinski definition) is 4. The predicted octanol–water partition coefficient (Wildman–Crippen LogP) is 0.985. The molecule has 0 spiro atoms. The van der Waals surface area contributed by atoms with E-state index >= 15 is 0 Å². The lowest BCUT2D eigenvalue weighted by Gasteiger charge is -2.27. The third kappa shape index (κ3) is 3.16. The highest BCUT2D eigenvalue weighted by molar-refractivity contribution is 5.88. The number of hydrogen-bond donors (Lipinski definition) is 3. The van der Waals surface area contributed by atoms with Crippen LogP contribution in [0.25, 0.3) is 0 Å². The van der Waals surface area contributed by atoms with Crippen LogP contribution in [0.5, 0.6) is 0 Å². The third-order valence-electron chi connectivity index (χ3n) is 3.54. The molecule has 110 valence electrons. The van der Waals surface area contributed by atoms with Crippen molar-refractivity contribution in [2.45, 2.75) is 12.5 Å². The van der Waals surface area contributed by atoms with Crippen LogP contribution in [-0.4, -0.2) is 34.8 Å². The number of carbonyl (C=O) groups is 1. The molecule has 0 bridgehead atoms. The molecule has 21 heavy (non-hydrogen) atoms. The van der Waals surface area contributed by atoms with E-state index in [4.69, 9.17) is 0 Å². The van der Waals surface area contributed by atoms with E-state index in [0.717, 1.165) is 23.4 Å². The average Bonchev–Trinajstić information content (AvgIpc) is 2.92. The van der Waals surface area contributed by atoms with Gasteiger partial charge in [0.25, 0.3) is 0 Å². The van der Waals surface area contributed by atoms with Gasteiger partial charge in [0.2, 0.25) is 5.91 Å². The Kier molecular flexibility index (Phi) is 3.77. The van der Waals surface area contributed by atoms with Crippen LogP contribution in [0.3, 0.4) is 0 Å². The van der Waals surface area contributed by atoms with Crippen LogP contribution < -0.4 is 16.0 Å². The first-order valence-corrected chi connectivity index (χ1v) is 7.07. The highest BCUT2D eigenvalue weighted by Gasteiger charge is 2.22. The van der Waals surface area contributed by atoms with Gasteiger partial charge in [0, 0.05) is 26.3 Å². The highest BCUT2D eigenvalue weighted by Crippen LogP contribution is 2.25. The van der Waals surface area contributed by atoms with Gasteiger partial charge >= 0.3 is 0 Å². The molecule has 0 aliphatic carbocycles. The summed E-state index contributed by atoms with van der Waals surface area (Å²) in [5.41, 5.74) is 3.13. The summed E-state index contributed by atoms with van der Waals surface area (Å²) in [6.45, 7) is 1.21. The predicted molar refractivity (Wildman–Crippen MR) is 82.3 cm³/mol. The second-order valence-corrected chi connectivity index (χ2v) is 5.19. The van der Waals surface area contributed by atoms with Crippen LogP contribution in [0.4, 0.5) is 11.4 Å². The average molecular weight is 285 g/mol. The lowest BCUT2D eigenvalue weighted by Crippen LogP contribution is -2.46. The van der Waals surface area contributed by atoms with Crippen molar-refractivity contribution in [2.24, 2.45) is 7.05 Å². The van der Waals surface area contributed by atoms with Crippen molar-refractivity contribution in [1.82, 2.24) is 15.1 Å². The molecule has 1 aromatic heterocycles. The minimum absolute atomic E-state index is 0.0147. The van der Waals surface area contributed by atoms with E-state index in [1.807, 2.05) is 43.7 Å². The summed E-state index contributed by atoms with van der Waals surface area (Å²) in [5, 5.41) is 13.6. The minimum atomic E-state index is -0.242. The number of fused-ring (bicyclic) bond motifs is 1. The largest absolute Gasteiger partial charge is 0.381 e. The van der Waals surface area contributed by atoms with Crippen molar-refractivity contribution in [2.75, 3.05) is 23.7 Å². The van der Waals surface area contributed by atoms with E-state index in [-0.39, 0.29) is 11.9 Å². The van der Waals surface area contributed by atoms with E-state index in [0.29, 0.717) is 13.1 Å². The van der Waals surface area contributed by atoms with Crippen LogP contribution >= 0.6 is 0 Å². The van der Waals surface area contributed by atoms with Gasteiger partial charge in [-0.05, 0) is 24.1 Å². The monoisotopic (exact) mass is 285 g/mol. The Morgan fingerprint density at radius 1 is 1.43 bits per heavy atom. The number of aromatic nitrogens is 2. The number of carbonyl (C=O) groups excluding carboxylic acids is 1. The molecule has 2 heterocycles. The quantitative estimate of drug-likeness (QED) is 0.783. The van der Waals surface area contributed by atoms with Crippen molar-refractivity contribution in [3.8, 4) is 0 Å². The van der Waals surface area contributed by atoms with Crippen molar-refractivity contribution in [1.29, 1.82) is 0 Å². The van der Waals surface area contributed by atoms with E-state index in [9.17, 15) is 4.79 Å². The molecule has 0 fully saturated rings. The van der Waals surface area contributed by atoms with Gasteiger partial charge in [0.15, 0.2) is 0 Å². The maximum absolute atomic E-state index is 12.2. The fraction of sp³-hybridized carbons (Fsp3) is 0.333. The second kappa shape index (κ2) is 5.87. The minimum Gasteiger partial charge on any atom is -0.381 e. The molecule has 0 saturated carbocycles. The fourth-order valence-corrected chi connectivity index (χ4v) is 2.43. The standard InChI is InChI=1S/C15H19N5O/c1-20-10-11(8-18-20)6-7-16-15(21)14-9-17-12-4-2-3-5-13(12)19-14/h2-5,8,10,14,17,19H,6-7,9H2,1H3,(H,16,21). The Hall–Kier alpha value is -2.50. The molecule has 3 N–H and O–H groups in total. The summed E-state index contributed by atoms with van der Waals surface area (Å²) in [6.07, 6.45) is 4.57. The van der Waals surface area contributed by atoms with E-state index in [1.54, 1.807) is 4.68 Å². The Morgan fingerprint density at radius 3 is 3.00 bits per heavy atom. The SMILES string of the molecule is Cn1cc(CCNC(=O)C2CNc3ccccc3N2)cn1. The molecular weight excluding hydrogens is 266 g/mol. The van der Waals surface area contributed by atoms with E-state index < -0.39 is 0 Å². The van der Waals surface area contributed by atoms with Crippen molar-refractivity contribution in [3.05, 3.63) is 42.2 Å². The molecule has 1 aromatic carbocycles. The van der Waals surface area contributed by atoms with Gasteiger partial charge in [-0.1, -0.05) is 12.1 Å². The maximum Gasteiger partial charge on any atom is 0.244 e. The number of benzene rings is 1. The zero-order valence-electron chi connectivity index (χ0n) is 12.0. The van der Waals surface area contributed by atoms with Crippen molar-refractivity contribution >= 4 is 17.3 Å². The number of nitrogens with zero attached hydrogens (tertiary/aromatic N) is 2. The molecule has 1 aliphatic heterocycles. The Labute approximate surface area is 123 Å². The molecule has 1 atom stereocenters. The molecule has 3 rings (SSSR count). The summed E-state index contributed by atoms with van der Waals surface area (Å²) >= 11 is 0. The van der Waals surface area contributed by atoms with Gasteiger partial charge in [-0.3, -0.25) is 9.48 Å². The molecule has 0 radical (unpaired) electrons. The Bertz CT molecular complexity index is 636. The summed E-state index contributed by atoms with van der Waals surface area (Å²) in [7, 11) is 1.89. The van der Waals surface area contributed by atoms with Crippen molar-refractivity contribution in [3.63, 3.8) is 0 Å². The summed E-state index contributed by atoms with van der Waals surface area (Å²) in [6, 6.07) is 7.66. The molecule has 2 aromatic rings. The first-order chi connectivity index (χ1) is 10.2. The molecular formula is C15H19N5O. The topological polar surface area (TPSA) is 71.0 Å². The van der Waals surface area contributed by atoms with Crippen LogP contribution in [0.1, 0.15) is 5.56 Å². The third-order valence-corrected chi connectivity index (χ3v) is 3.54. The van der Waals surface area contributed by atoms with Gasteiger partial charge in [-0.2, -0.15) is 5.10 Å². The number of anilines is 2. The Morgan fingerprint density at radius 2 is 2.24 bits per heavy atom. The van der Waals surface area contributed by atoms with Crippen molar-refractivity contribution < 1.29 is 4.79 Å².